The molecule has 7 rings (SSSR count). The van der Waals surface area contributed by atoms with E-state index in [9.17, 15) is 9.59 Å². The molecule has 4 aromatic heterocycles. The molecule has 1 fully saturated rings. The SMILES string of the molecule is C=CC(=O)N1CC(C)N(c2nc(=O)n3c4nc(c(F)cc24)-c2c(F)cccc2Cc2cnnn2Cc2ccnc(C(C)C)c2-3)CC1C. The van der Waals surface area contributed by atoms with Gasteiger partial charge >= 0.3 is 5.69 Å². The van der Waals surface area contributed by atoms with E-state index in [4.69, 9.17) is 4.98 Å². The topological polar surface area (TPSA) is 115 Å². The maximum Gasteiger partial charge on any atom is 0.355 e. The summed E-state index contributed by atoms with van der Waals surface area (Å²) in [5, 5.41) is 8.70. The van der Waals surface area contributed by atoms with Crippen LogP contribution in [0, 0.1) is 11.6 Å². The highest BCUT2D eigenvalue weighted by Crippen LogP contribution is 2.36. The van der Waals surface area contributed by atoms with Gasteiger partial charge in [-0.3, -0.25) is 9.78 Å². The molecular weight excluding hydrogens is 604 g/mol. The molecular formula is C34H33F2N9O2. The van der Waals surface area contributed by atoms with E-state index >= 15 is 8.78 Å². The van der Waals surface area contributed by atoms with Crippen molar-refractivity contribution in [1.82, 2.24) is 39.4 Å². The summed E-state index contributed by atoms with van der Waals surface area (Å²) in [6, 6.07) is 7.12. The van der Waals surface area contributed by atoms with Gasteiger partial charge in [-0.05, 0) is 49.6 Å². The Morgan fingerprint density at radius 2 is 1.87 bits per heavy atom. The van der Waals surface area contributed by atoms with Crippen molar-refractivity contribution in [3.63, 3.8) is 0 Å². The van der Waals surface area contributed by atoms with E-state index in [1.807, 2.05) is 38.7 Å². The molecule has 2 aliphatic rings. The lowest BCUT2D eigenvalue weighted by Gasteiger charge is -2.44. The lowest BCUT2D eigenvalue weighted by Crippen LogP contribution is -2.58. The molecule has 0 spiro atoms. The van der Waals surface area contributed by atoms with Gasteiger partial charge in [0, 0.05) is 48.9 Å². The number of fused-ring (bicyclic) bond motifs is 6. The largest absolute Gasteiger partial charge is 0.355 e. The number of nitrogens with zero attached hydrogens (tertiary/aromatic N) is 9. The zero-order valence-corrected chi connectivity index (χ0v) is 26.5. The summed E-state index contributed by atoms with van der Waals surface area (Å²) in [6.45, 7) is 12.3. The molecule has 2 aliphatic heterocycles. The van der Waals surface area contributed by atoms with E-state index < -0.39 is 17.3 Å². The smallest absolute Gasteiger partial charge is 0.349 e. The number of anilines is 1. The van der Waals surface area contributed by atoms with Crippen LogP contribution in [-0.4, -0.2) is 70.5 Å². The normalized spacial score (nSPS) is 17.6. The Balaban J connectivity index is 1.58. The van der Waals surface area contributed by atoms with Crippen molar-refractivity contribution in [2.45, 2.75) is 58.7 Å². The number of amides is 1. The lowest BCUT2D eigenvalue weighted by atomic mass is 9.98. The van der Waals surface area contributed by atoms with Crippen LogP contribution in [0.5, 0.6) is 0 Å². The van der Waals surface area contributed by atoms with E-state index in [2.05, 4.69) is 26.9 Å². The molecule has 5 aromatic rings. The summed E-state index contributed by atoms with van der Waals surface area (Å²) in [5.41, 5.74) is 2.17. The summed E-state index contributed by atoms with van der Waals surface area (Å²) in [4.78, 5) is 44.6. The van der Waals surface area contributed by atoms with Gasteiger partial charge in [0.2, 0.25) is 5.91 Å². The van der Waals surface area contributed by atoms with Crippen molar-refractivity contribution in [2.75, 3.05) is 18.0 Å². The third-order valence-electron chi connectivity index (χ3n) is 9.05. The number of hydrogen-bond acceptors (Lipinski definition) is 8. The van der Waals surface area contributed by atoms with Crippen molar-refractivity contribution in [1.29, 1.82) is 0 Å². The molecule has 1 amide bonds. The molecule has 0 N–H and O–H groups in total. The van der Waals surface area contributed by atoms with Gasteiger partial charge < -0.3 is 9.80 Å². The third kappa shape index (κ3) is 4.97. The first-order valence-electron chi connectivity index (χ1n) is 15.5. The van der Waals surface area contributed by atoms with Crippen LogP contribution in [0.4, 0.5) is 14.6 Å². The highest BCUT2D eigenvalue weighted by atomic mass is 19.1. The second-order valence-electron chi connectivity index (χ2n) is 12.5. The van der Waals surface area contributed by atoms with Crippen LogP contribution in [0.2, 0.25) is 0 Å². The third-order valence-corrected chi connectivity index (χ3v) is 9.05. The Labute approximate surface area is 269 Å². The van der Waals surface area contributed by atoms with Crippen LogP contribution < -0.4 is 10.6 Å². The van der Waals surface area contributed by atoms with Crippen molar-refractivity contribution < 1.29 is 13.6 Å². The maximum atomic E-state index is 16.4. The van der Waals surface area contributed by atoms with Crippen LogP contribution in [0.15, 0.2) is 60.2 Å². The van der Waals surface area contributed by atoms with E-state index in [1.54, 1.807) is 34.1 Å². The van der Waals surface area contributed by atoms with Crippen molar-refractivity contribution in [3.05, 3.63) is 100 Å². The number of carbonyl (C=O) groups is 1. The summed E-state index contributed by atoms with van der Waals surface area (Å²) in [6.07, 6.45) is 4.77. The predicted octanol–water partition coefficient (Wildman–Crippen LogP) is 4.40. The summed E-state index contributed by atoms with van der Waals surface area (Å²) in [5.74, 6) is -1.50. The Morgan fingerprint density at radius 1 is 1.06 bits per heavy atom. The Hall–Kier alpha value is -5.33. The van der Waals surface area contributed by atoms with Crippen LogP contribution >= 0.6 is 0 Å². The van der Waals surface area contributed by atoms with Gasteiger partial charge in [0.15, 0.2) is 5.65 Å². The minimum Gasteiger partial charge on any atom is -0.349 e. The van der Waals surface area contributed by atoms with Gasteiger partial charge in [-0.1, -0.05) is 37.8 Å². The Bertz CT molecular complexity index is 2140. The molecule has 47 heavy (non-hydrogen) atoms. The number of aromatic nitrogens is 7. The van der Waals surface area contributed by atoms with Crippen LogP contribution in [0.3, 0.4) is 0 Å². The standard InChI is InChI=1S/C34H33F2N9O2/c1-6-27(46)42-15-20(5)43(16-19(42)4)32-24-13-26(36)30-28-21(8-7-9-25(28)35)12-23-14-38-41-44(23)17-22-10-11-37-29(18(2)3)31(22)45(33(24)39-30)34(47)40-32/h6-11,13-14,18-20H,1,12,15-17H2,2-5H3. The highest BCUT2D eigenvalue weighted by molar-refractivity contribution is 5.91. The molecule has 1 saturated heterocycles. The molecule has 2 bridgehead atoms. The maximum absolute atomic E-state index is 16.4. The second kappa shape index (κ2) is 11.5. The fraction of sp³-hybridized carbons (Fsp3) is 0.324. The molecule has 2 unspecified atom stereocenters. The van der Waals surface area contributed by atoms with E-state index in [0.717, 1.165) is 0 Å². The lowest BCUT2D eigenvalue weighted by molar-refractivity contribution is -0.128. The summed E-state index contributed by atoms with van der Waals surface area (Å²) in [7, 11) is 0. The number of rotatable bonds is 3. The Kier molecular flexibility index (Phi) is 7.41. The molecule has 2 atom stereocenters. The van der Waals surface area contributed by atoms with Gasteiger partial charge in [-0.25, -0.2) is 27.8 Å². The van der Waals surface area contributed by atoms with Gasteiger partial charge in [-0.2, -0.15) is 4.98 Å². The fourth-order valence-corrected chi connectivity index (χ4v) is 6.75. The molecule has 13 heteroatoms. The van der Waals surface area contributed by atoms with Crippen LogP contribution in [0.25, 0.3) is 28.0 Å². The number of halogens is 2. The van der Waals surface area contributed by atoms with Gasteiger partial charge in [0.05, 0.1) is 35.2 Å². The minimum absolute atomic E-state index is 0.00776. The number of hydrogen-bond donors (Lipinski definition) is 0. The van der Waals surface area contributed by atoms with Crippen molar-refractivity contribution in [2.24, 2.45) is 0 Å². The number of pyridine rings is 2. The van der Waals surface area contributed by atoms with E-state index in [-0.39, 0.29) is 65.0 Å². The quantitative estimate of drug-likeness (QED) is 0.263. The highest BCUT2D eigenvalue weighted by Gasteiger charge is 2.34. The zero-order chi connectivity index (χ0) is 33.1. The molecule has 11 nitrogen and oxygen atoms in total. The van der Waals surface area contributed by atoms with Crippen LogP contribution in [0.1, 0.15) is 56.1 Å². The molecule has 0 saturated carbocycles. The molecule has 0 radical (unpaired) electrons. The zero-order valence-electron chi connectivity index (χ0n) is 26.5. The molecule has 6 heterocycles. The molecule has 1 aromatic carbocycles. The van der Waals surface area contributed by atoms with Gasteiger partial charge in [0.25, 0.3) is 0 Å². The van der Waals surface area contributed by atoms with Crippen LogP contribution in [-0.2, 0) is 17.8 Å². The number of carbonyl (C=O) groups excluding carboxylic acids is 1. The average molecular weight is 638 g/mol. The number of benzene rings is 1. The predicted molar refractivity (Wildman–Crippen MR) is 172 cm³/mol. The van der Waals surface area contributed by atoms with E-state index in [1.165, 1.54) is 22.8 Å². The first-order chi connectivity index (χ1) is 22.6. The van der Waals surface area contributed by atoms with Crippen molar-refractivity contribution >= 4 is 22.8 Å². The van der Waals surface area contributed by atoms with Crippen molar-refractivity contribution in [3.8, 4) is 16.9 Å². The molecule has 240 valence electrons. The average Bonchev–Trinajstić information content (AvgIpc) is 3.47. The first-order valence-corrected chi connectivity index (χ1v) is 15.5. The molecule has 0 aliphatic carbocycles. The first kappa shape index (κ1) is 30.3. The van der Waals surface area contributed by atoms with Gasteiger partial charge in [0.1, 0.15) is 23.1 Å². The summed E-state index contributed by atoms with van der Waals surface area (Å²) >= 11 is 0. The number of piperazine rings is 1. The Morgan fingerprint density at radius 3 is 2.64 bits per heavy atom. The fourth-order valence-electron chi connectivity index (χ4n) is 6.75. The minimum atomic E-state index is -0.766. The van der Waals surface area contributed by atoms with E-state index in [0.29, 0.717) is 41.3 Å². The monoisotopic (exact) mass is 637 g/mol. The summed E-state index contributed by atoms with van der Waals surface area (Å²) < 4.78 is 35.2. The van der Waals surface area contributed by atoms with Gasteiger partial charge in [-0.15, -0.1) is 5.10 Å². The second-order valence-corrected chi connectivity index (χ2v) is 12.5.